The number of nitrogens with one attached hydrogen (secondary N) is 1. The summed E-state index contributed by atoms with van der Waals surface area (Å²) in [6.45, 7) is 1.64. The Morgan fingerprint density at radius 2 is 1.96 bits per heavy atom. The molecule has 0 radical (unpaired) electrons. The SMILES string of the molecule is CCc1cccc(NC(=O)COC(=O)c2cccc(C#N)c2)c1. The zero-order valence-electron chi connectivity index (χ0n) is 12.7. The lowest BCUT2D eigenvalue weighted by Gasteiger charge is -2.08. The highest BCUT2D eigenvalue weighted by molar-refractivity contribution is 5.95. The maximum Gasteiger partial charge on any atom is 0.338 e. The minimum absolute atomic E-state index is 0.241. The Hall–Kier alpha value is -3.13. The van der Waals surface area contributed by atoms with Crippen LogP contribution in [0.15, 0.2) is 48.5 Å². The van der Waals surface area contributed by atoms with E-state index >= 15 is 0 Å². The molecule has 0 heterocycles. The first kappa shape index (κ1) is 16.2. The second-order valence-corrected chi connectivity index (χ2v) is 4.87. The van der Waals surface area contributed by atoms with Gasteiger partial charge in [0.1, 0.15) is 0 Å². The Kier molecular flexibility index (Phi) is 5.48. The Bertz CT molecular complexity index is 763. The predicted molar refractivity (Wildman–Crippen MR) is 85.9 cm³/mol. The van der Waals surface area contributed by atoms with Gasteiger partial charge in [-0.05, 0) is 42.3 Å². The van der Waals surface area contributed by atoms with E-state index in [1.54, 1.807) is 18.2 Å². The number of aryl methyl sites for hydroxylation is 1. The monoisotopic (exact) mass is 308 g/mol. The summed E-state index contributed by atoms with van der Waals surface area (Å²) in [6.07, 6.45) is 0.869. The maximum absolute atomic E-state index is 11.9. The minimum Gasteiger partial charge on any atom is -0.452 e. The van der Waals surface area contributed by atoms with Gasteiger partial charge >= 0.3 is 5.97 Å². The number of esters is 1. The summed E-state index contributed by atoms with van der Waals surface area (Å²) >= 11 is 0. The Balaban J connectivity index is 1.90. The van der Waals surface area contributed by atoms with Crippen LogP contribution in [0.2, 0.25) is 0 Å². The average Bonchev–Trinajstić information content (AvgIpc) is 2.59. The van der Waals surface area contributed by atoms with E-state index in [9.17, 15) is 9.59 Å². The third-order valence-corrected chi connectivity index (χ3v) is 3.18. The third kappa shape index (κ3) is 4.68. The largest absolute Gasteiger partial charge is 0.452 e. The molecule has 116 valence electrons. The van der Waals surface area contributed by atoms with Crippen molar-refractivity contribution in [1.82, 2.24) is 0 Å². The fourth-order valence-electron chi connectivity index (χ4n) is 2.00. The molecule has 0 bridgehead atoms. The van der Waals surface area contributed by atoms with E-state index in [-0.39, 0.29) is 12.2 Å². The van der Waals surface area contributed by atoms with Crippen molar-refractivity contribution >= 4 is 17.6 Å². The topological polar surface area (TPSA) is 79.2 Å². The van der Waals surface area contributed by atoms with E-state index in [0.717, 1.165) is 12.0 Å². The van der Waals surface area contributed by atoms with Gasteiger partial charge in [-0.3, -0.25) is 4.79 Å². The number of nitriles is 1. The van der Waals surface area contributed by atoms with Gasteiger partial charge in [-0.25, -0.2) is 4.79 Å². The lowest BCUT2D eigenvalue weighted by molar-refractivity contribution is -0.119. The first-order valence-electron chi connectivity index (χ1n) is 7.18. The molecule has 0 saturated heterocycles. The summed E-state index contributed by atoms with van der Waals surface area (Å²) in [5.41, 5.74) is 2.37. The normalized spacial score (nSPS) is 9.74. The maximum atomic E-state index is 11.9. The number of nitrogens with zero attached hydrogens (tertiary/aromatic N) is 1. The van der Waals surface area contributed by atoms with Crippen molar-refractivity contribution in [2.45, 2.75) is 13.3 Å². The van der Waals surface area contributed by atoms with Crippen LogP contribution in [0.25, 0.3) is 0 Å². The van der Waals surface area contributed by atoms with Crippen molar-refractivity contribution in [1.29, 1.82) is 5.26 Å². The predicted octanol–water partition coefficient (Wildman–Crippen LogP) is 2.92. The fourth-order valence-corrected chi connectivity index (χ4v) is 2.00. The van der Waals surface area contributed by atoms with E-state index in [1.807, 2.05) is 31.2 Å². The van der Waals surface area contributed by atoms with Gasteiger partial charge in [0.05, 0.1) is 17.2 Å². The molecule has 0 aromatic heterocycles. The summed E-state index contributed by atoms with van der Waals surface area (Å²) in [4.78, 5) is 23.7. The van der Waals surface area contributed by atoms with Gasteiger partial charge in [0.25, 0.3) is 5.91 Å². The molecule has 0 spiro atoms. The van der Waals surface area contributed by atoms with Crippen molar-refractivity contribution < 1.29 is 14.3 Å². The van der Waals surface area contributed by atoms with Crippen LogP contribution in [0, 0.1) is 11.3 Å². The number of carbonyl (C=O) groups excluding carboxylic acids is 2. The molecule has 1 amide bonds. The van der Waals surface area contributed by atoms with E-state index in [0.29, 0.717) is 11.3 Å². The zero-order chi connectivity index (χ0) is 16.7. The van der Waals surface area contributed by atoms with Gasteiger partial charge in [0.15, 0.2) is 6.61 Å². The molecule has 2 aromatic rings. The van der Waals surface area contributed by atoms with Crippen molar-refractivity contribution in [3.8, 4) is 6.07 Å². The van der Waals surface area contributed by atoms with Gasteiger partial charge in [0, 0.05) is 5.69 Å². The van der Waals surface area contributed by atoms with Gasteiger partial charge < -0.3 is 10.1 Å². The molecule has 0 aliphatic heterocycles. The molecule has 0 atom stereocenters. The number of anilines is 1. The molecular formula is C18H16N2O3. The molecule has 5 nitrogen and oxygen atoms in total. The van der Waals surface area contributed by atoms with Crippen LogP contribution in [-0.2, 0) is 16.0 Å². The molecular weight excluding hydrogens is 292 g/mol. The standard InChI is InChI=1S/C18H16N2O3/c1-2-13-5-4-8-16(10-13)20-17(21)12-23-18(22)15-7-3-6-14(9-15)11-19/h3-10H,2,12H2,1H3,(H,20,21). The number of amides is 1. The van der Waals surface area contributed by atoms with Crippen LogP contribution in [0.3, 0.4) is 0 Å². The van der Waals surface area contributed by atoms with Crippen molar-refractivity contribution in [3.63, 3.8) is 0 Å². The third-order valence-electron chi connectivity index (χ3n) is 3.18. The van der Waals surface area contributed by atoms with E-state index in [1.165, 1.54) is 12.1 Å². The molecule has 0 fully saturated rings. The molecule has 1 N–H and O–H groups in total. The number of hydrogen-bond donors (Lipinski definition) is 1. The van der Waals surface area contributed by atoms with Gasteiger partial charge in [-0.1, -0.05) is 25.1 Å². The second kappa shape index (κ2) is 7.76. The fraction of sp³-hybridized carbons (Fsp3) is 0.167. The average molecular weight is 308 g/mol. The minimum atomic E-state index is -0.639. The number of rotatable bonds is 5. The van der Waals surface area contributed by atoms with Crippen LogP contribution >= 0.6 is 0 Å². The number of carbonyl (C=O) groups is 2. The second-order valence-electron chi connectivity index (χ2n) is 4.87. The Morgan fingerprint density at radius 1 is 1.17 bits per heavy atom. The lowest BCUT2D eigenvalue weighted by Crippen LogP contribution is -2.21. The Labute approximate surface area is 134 Å². The smallest absolute Gasteiger partial charge is 0.338 e. The highest BCUT2D eigenvalue weighted by Gasteiger charge is 2.11. The summed E-state index contributed by atoms with van der Waals surface area (Å²) in [5.74, 6) is -1.05. The van der Waals surface area contributed by atoms with Crippen LogP contribution in [0.1, 0.15) is 28.4 Å². The summed E-state index contributed by atoms with van der Waals surface area (Å²) < 4.78 is 4.96. The van der Waals surface area contributed by atoms with E-state index in [2.05, 4.69) is 5.32 Å². The van der Waals surface area contributed by atoms with Gasteiger partial charge in [-0.15, -0.1) is 0 Å². The molecule has 2 aromatic carbocycles. The summed E-state index contributed by atoms with van der Waals surface area (Å²) in [6, 6.07) is 15.5. The zero-order valence-corrected chi connectivity index (χ0v) is 12.7. The highest BCUT2D eigenvalue weighted by atomic mass is 16.5. The van der Waals surface area contributed by atoms with Crippen molar-refractivity contribution in [2.24, 2.45) is 0 Å². The van der Waals surface area contributed by atoms with E-state index in [4.69, 9.17) is 10.00 Å². The number of hydrogen-bond acceptors (Lipinski definition) is 4. The molecule has 0 unspecified atom stereocenters. The van der Waals surface area contributed by atoms with Crippen molar-refractivity contribution in [3.05, 3.63) is 65.2 Å². The summed E-state index contributed by atoms with van der Waals surface area (Å²) in [5, 5.41) is 11.5. The molecule has 0 saturated carbocycles. The molecule has 0 aliphatic carbocycles. The quantitative estimate of drug-likeness (QED) is 0.861. The van der Waals surface area contributed by atoms with Crippen LogP contribution in [0.5, 0.6) is 0 Å². The van der Waals surface area contributed by atoms with Crippen molar-refractivity contribution in [2.75, 3.05) is 11.9 Å². The highest BCUT2D eigenvalue weighted by Crippen LogP contribution is 2.11. The molecule has 5 heteroatoms. The number of ether oxygens (including phenoxy) is 1. The van der Waals surface area contributed by atoms with Crippen LogP contribution < -0.4 is 5.32 Å². The number of benzene rings is 2. The lowest BCUT2D eigenvalue weighted by atomic mass is 10.1. The van der Waals surface area contributed by atoms with Crippen LogP contribution in [0.4, 0.5) is 5.69 Å². The first-order valence-corrected chi connectivity index (χ1v) is 7.18. The van der Waals surface area contributed by atoms with E-state index < -0.39 is 11.9 Å². The van der Waals surface area contributed by atoms with Gasteiger partial charge in [-0.2, -0.15) is 5.26 Å². The molecule has 0 aliphatic rings. The van der Waals surface area contributed by atoms with Gasteiger partial charge in [0.2, 0.25) is 0 Å². The first-order chi connectivity index (χ1) is 11.1. The Morgan fingerprint density at radius 3 is 2.70 bits per heavy atom. The molecule has 2 rings (SSSR count). The molecule has 23 heavy (non-hydrogen) atoms. The van der Waals surface area contributed by atoms with Crippen LogP contribution in [-0.4, -0.2) is 18.5 Å². The summed E-state index contributed by atoms with van der Waals surface area (Å²) in [7, 11) is 0.